The van der Waals surface area contributed by atoms with E-state index in [0.29, 0.717) is 34.5 Å². The molecule has 0 atom stereocenters. The van der Waals surface area contributed by atoms with Crippen molar-refractivity contribution in [1.29, 1.82) is 0 Å². The topological polar surface area (TPSA) is 55.4 Å². The zero-order chi connectivity index (χ0) is 29.2. The van der Waals surface area contributed by atoms with Gasteiger partial charge in [-0.1, -0.05) is 27.7 Å². The predicted molar refractivity (Wildman–Crippen MR) is 164 cm³/mol. The third-order valence-corrected chi connectivity index (χ3v) is 13.1. The standard InChI is InChI=1S/C33H39O6Si.3ClH.Ti/c1-20-21(2)23(4)33(22(20)3)40(30-14-24(34-5)11-25(15-30)35-6,31-16-26(36-7)12-27(17-31)37-8)32-18-28(38-9)13-29(19-32)39-10;;;;/h11-19H,1-10H3;3*1H;/q-1;;;;+4/p-3. The van der Waals surface area contributed by atoms with Crippen molar-refractivity contribution >= 4 is 28.8 Å². The summed E-state index contributed by atoms with van der Waals surface area (Å²) in [5, 5.41) is 4.56. The van der Waals surface area contributed by atoms with E-state index in [9.17, 15) is 0 Å². The maximum atomic E-state index is 5.81. The van der Waals surface area contributed by atoms with Crippen LogP contribution < -0.4 is 86.4 Å². The number of halogens is 3. The van der Waals surface area contributed by atoms with E-state index in [1.807, 2.05) is 18.2 Å². The SMILES string of the molecule is COc1cc(OC)cc([Si](c2cc(OC)cc(OC)c2)(c2cc(OC)cc(OC)c2)[c-]2c(C)c(C)c(C)c2C)c1.[Cl-].[Cl-].[Cl-].[Ti+4]. The molecule has 0 aromatic heterocycles. The van der Waals surface area contributed by atoms with Crippen molar-refractivity contribution < 1.29 is 87.4 Å². The molecule has 6 nitrogen and oxygen atoms in total. The molecule has 0 heterocycles. The van der Waals surface area contributed by atoms with Gasteiger partial charge in [-0.25, -0.2) is 0 Å². The summed E-state index contributed by atoms with van der Waals surface area (Å²) in [6, 6.07) is 18.5. The van der Waals surface area contributed by atoms with Crippen molar-refractivity contribution in [2.45, 2.75) is 27.7 Å². The molecular weight excluding hydrogens is 675 g/mol. The maximum Gasteiger partial charge on any atom is 4.00 e. The number of benzene rings is 3. The summed E-state index contributed by atoms with van der Waals surface area (Å²) in [4.78, 5) is 0. The van der Waals surface area contributed by atoms with E-state index in [-0.39, 0.29) is 58.9 Å². The van der Waals surface area contributed by atoms with Gasteiger partial charge in [0.2, 0.25) is 0 Å². The van der Waals surface area contributed by atoms with E-state index >= 15 is 0 Å². The van der Waals surface area contributed by atoms with Crippen LogP contribution >= 0.6 is 0 Å². The van der Waals surface area contributed by atoms with E-state index in [1.54, 1.807) is 42.7 Å². The van der Waals surface area contributed by atoms with Crippen molar-refractivity contribution in [3.8, 4) is 34.5 Å². The van der Waals surface area contributed by atoms with E-state index < -0.39 is 8.07 Å². The van der Waals surface area contributed by atoms with Gasteiger partial charge >= 0.3 is 21.7 Å². The van der Waals surface area contributed by atoms with Gasteiger partial charge in [-0.3, -0.25) is 0 Å². The molecule has 0 amide bonds. The van der Waals surface area contributed by atoms with Crippen LogP contribution in [0.25, 0.3) is 0 Å². The van der Waals surface area contributed by atoms with Gasteiger partial charge in [0.1, 0.15) is 42.6 Å². The van der Waals surface area contributed by atoms with Crippen LogP contribution in [-0.2, 0) is 21.7 Å². The summed E-state index contributed by atoms with van der Waals surface area (Å²) in [6.45, 7) is 8.84. The fourth-order valence-corrected chi connectivity index (χ4v) is 11.3. The van der Waals surface area contributed by atoms with Gasteiger partial charge < -0.3 is 65.6 Å². The van der Waals surface area contributed by atoms with Crippen LogP contribution in [0.1, 0.15) is 22.3 Å². The third-order valence-electron chi connectivity index (χ3n) is 8.17. The Labute approximate surface area is 296 Å². The molecule has 0 aliphatic heterocycles. The second-order valence-corrected chi connectivity index (χ2v) is 13.7. The second-order valence-electron chi connectivity index (χ2n) is 9.93. The fourth-order valence-electron chi connectivity index (χ4n) is 5.79. The van der Waals surface area contributed by atoms with Gasteiger partial charge in [0, 0.05) is 18.2 Å². The van der Waals surface area contributed by atoms with Gasteiger partial charge in [0.15, 0.2) is 0 Å². The largest absolute Gasteiger partial charge is 4.00 e. The molecule has 0 saturated heterocycles. The Morgan fingerprint density at radius 3 is 0.795 bits per heavy atom. The molecule has 0 N–H and O–H groups in total. The Bertz CT molecular complexity index is 1320. The number of rotatable bonds is 10. The Morgan fingerprint density at radius 1 is 0.409 bits per heavy atom. The maximum absolute atomic E-state index is 5.81. The van der Waals surface area contributed by atoms with Crippen LogP contribution in [0.2, 0.25) is 0 Å². The molecule has 4 aromatic rings. The number of ether oxygens (including phenoxy) is 6. The number of hydrogen-bond acceptors (Lipinski definition) is 6. The second kappa shape index (κ2) is 17.3. The molecule has 0 radical (unpaired) electrons. The molecule has 236 valence electrons. The molecule has 0 bridgehead atoms. The van der Waals surface area contributed by atoms with Crippen LogP contribution in [-0.4, -0.2) is 50.7 Å². The van der Waals surface area contributed by atoms with E-state index in [2.05, 4.69) is 64.1 Å². The zero-order valence-electron chi connectivity index (χ0n) is 26.8. The first-order chi connectivity index (χ1) is 19.2. The average molecular weight is 714 g/mol. The molecular formula is C33H39Cl3O6SiTi. The third kappa shape index (κ3) is 7.35. The normalized spacial score (nSPS) is 10.2. The van der Waals surface area contributed by atoms with Crippen molar-refractivity contribution in [2.24, 2.45) is 0 Å². The Balaban J connectivity index is 0.00000462. The van der Waals surface area contributed by atoms with Gasteiger partial charge in [0.05, 0.1) is 42.7 Å². The quantitative estimate of drug-likeness (QED) is 0.0935. The summed E-state index contributed by atoms with van der Waals surface area (Å²) in [6.07, 6.45) is 0. The summed E-state index contributed by atoms with van der Waals surface area (Å²) >= 11 is 0. The van der Waals surface area contributed by atoms with Crippen molar-refractivity contribution in [3.63, 3.8) is 0 Å². The molecule has 0 fully saturated rings. The number of methoxy groups -OCH3 is 6. The van der Waals surface area contributed by atoms with Crippen LogP contribution in [0.4, 0.5) is 0 Å². The average Bonchev–Trinajstić information content (AvgIpc) is 3.19. The molecule has 4 rings (SSSR count). The molecule has 0 aliphatic carbocycles. The molecule has 11 heteroatoms. The molecule has 4 aromatic carbocycles. The molecule has 44 heavy (non-hydrogen) atoms. The van der Waals surface area contributed by atoms with Crippen molar-refractivity contribution in [3.05, 3.63) is 76.9 Å². The van der Waals surface area contributed by atoms with Gasteiger partial charge in [-0.2, -0.15) is 22.3 Å². The minimum absolute atomic E-state index is 0. The first-order valence-electron chi connectivity index (χ1n) is 13.1. The Kier molecular flexibility index (Phi) is 16.4. The minimum Gasteiger partial charge on any atom is -1.00 e. The number of hydrogen-bond donors (Lipinski definition) is 0. The van der Waals surface area contributed by atoms with Crippen LogP contribution in [0, 0.1) is 27.7 Å². The summed E-state index contributed by atoms with van der Waals surface area (Å²) < 4.78 is 34.9. The molecule has 0 saturated carbocycles. The van der Waals surface area contributed by atoms with Gasteiger partial charge in [-0.05, 0) is 52.0 Å². The van der Waals surface area contributed by atoms with Gasteiger partial charge in [0.25, 0.3) is 0 Å². The molecule has 0 aliphatic rings. The summed E-state index contributed by atoms with van der Waals surface area (Å²) in [5.74, 6) is 4.28. The zero-order valence-corrected chi connectivity index (χ0v) is 31.6. The smallest absolute Gasteiger partial charge is 1.00 e. The van der Waals surface area contributed by atoms with Crippen molar-refractivity contribution in [2.75, 3.05) is 42.7 Å². The Morgan fingerprint density at radius 2 is 0.614 bits per heavy atom. The van der Waals surface area contributed by atoms with Crippen LogP contribution in [0.5, 0.6) is 34.5 Å². The van der Waals surface area contributed by atoms with Crippen molar-refractivity contribution in [1.82, 2.24) is 0 Å². The monoisotopic (exact) mass is 712 g/mol. The Hall–Kier alpha value is -2.39. The summed E-state index contributed by atoms with van der Waals surface area (Å²) in [7, 11) is 6.91. The molecule has 0 spiro atoms. The van der Waals surface area contributed by atoms with Crippen LogP contribution in [0.15, 0.2) is 54.6 Å². The van der Waals surface area contributed by atoms with Gasteiger partial charge in [-0.15, -0.1) is 5.19 Å². The van der Waals surface area contributed by atoms with E-state index in [0.717, 1.165) is 15.6 Å². The minimum atomic E-state index is -3.17. The first-order valence-corrected chi connectivity index (χ1v) is 15.1. The predicted octanol–water partition coefficient (Wildman–Crippen LogP) is -4.92. The fraction of sp³-hybridized carbons (Fsp3) is 0.303. The summed E-state index contributed by atoms with van der Waals surface area (Å²) in [5.41, 5.74) is 5.08. The van der Waals surface area contributed by atoms with E-state index in [4.69, 9.17) is 28.4 Å². The van der Waals surface area contributed by atoms with Crippen LogP contribution in [0.3, 0.4) is 0 Å². The van der Waals surface area contributed by atoms with E-state index in [1.165, 1.54) is 27.4 Å². The molecule has 0 unspecified atom stereocenters. The first kappa shape index (κ1) is 41.6.